The fourth-order valence-electron chi connectivity index (χ4n) is 1.24. The summed E-state index contributed by atoms with van der Waals surface area (Å²) in [5, 5.41) is 1.62. The molecule has 0 spiro atoms. The number of hydrogen-bond acceptors (Lipinski definition) is 0. The van der Waals surface area contributed by atoms with E-state index < -0.39 is 0 Å². The molecule has 0 aromatic heterocycles. The first-order valence-corrected chi connectivity index (χ1v) is 6.19. The molecule has 2 aromatic carbocycles. The highest BCUT2D eigenvalue weighted by atomic mass is 35.5. The maximum atomic E-state index is 5.72. The van der Waals surface area contributed by atoms with Crippen molar-refractivity contribution in [1.82, 2.24) is 0 Å². The van der Waals surface area contributed by atoms with E-state index in [-0.39, 0.29) is 0 Å². The fraction of sp³-hybridized carbons (Fsp3) is 0.200. The Kier molecular flexibility index (Phi) is 5.54. The molecule has 2 aromatic rings. The van der Waals surface area contributed by atoms with Crippen LogP contribution in [-0.4, -0.2) is 0 Å². The van der Waals surface area contributed by atoms with Gasteiger partial charge in [0.15, 0.2) is 0 Å². The highest BCUT2D eigenvalue weighted by Crippen LogP contribution is 2.13. The molecule has 0 N–H and O–H groups in total. The highest BCUT2D eigenvalue weighted by molar-refractivity contribution is 6.30. The molecule has 0 aliphatic rings. The van der Waals surface area contributed by atoms with E-state index in [1.807, 2.05) is 49.4 Å². The van der Waals surface area contributed by atoms with E-state index in [2.05, 4.69) is 13.8 Å². The van der Waals surface area contributed by atoms with Crippen molar-refractivity contribution in [1.29, 1.82) is 0 Å². The second-order valence-electron chi connectivity index (χ2n) is 4.02. The fourth-order valence-corrected chi connectivity index (χ4v) is 1.59. The van der Waals surface area contributed by atoms with Crippen molar-refractivity contribution in [3.05, 3.63) is 69.2 Å². The van der Waals surface area contributed by atoms with Gasteiger partial charge in [-0.15, -0.1) is 0 Å². The van der Waals surface area contributed by atoms with E-state index in [1.54, 1.807) is 0 Å². The minimum Gasteiger partial charge on any atom is -0.0843 e. The molecule has 0 radical (unpaired) electrons. The van der Waals surface area contributed by atoms with Crippen LogP contribution in [0.4, 0.5) is 0 Å². The van der Waals surface area contributed by atoms with E-state index >= 15 is 0 Å². The van der Waals surface area contributed by atoms with Gasteiger partial charge in [-0.1, -0.05) is 47.0 Å². The van der Waals surface area contributed by atoms with Crippen molar-refractivity contribution in [2.45, 2.75) is 20.8 Å². The third-order valence-electron chi connectivity index (χ3n) is 2.48. The Morgan fingerprint density at radius 1 is 0.647 bits per heavy atom. The Morgan fingerprint density at radius 3 is 1.59 bits per heavy atom. The third-order valence-corrected chi connectivity index (χ3v) is 2.97. The van der Waals surface area contributed by atoms with E-state index in [0.29, 0.717) is 0 Å². The molecule has 2 rings (SSSR count). The Labute approximate surface area is 113 Å². The Bertz CT molecular complexity index is 452. The van der Waals surface area contributed by atoms with Gasteiger partial charge in [0.1, 0.15) is 0 Å². The summed E-state index contributed by atoms with van der Waals surface area (Å²) < 4.78 is 0. The van der Waals surface area contributed by atoms with Gasteiger partial charge in [0.05, 0.1) is 0 Å². The summed E-state index contributed by atoms with van der Waals surface area (Å²) >= 11 is 11.3. The lowest BCUT2D eigenvalue weighted by molar-refractivity contribution is 1.34. The SMILES string of the molecule is Cc1ccc(Cl)cc1.Cc1ccc(Cl)cc1C. The summed E-state index contributed by atoms with van der Waals surface area (Å²) in [5.41, 5.74) is 3.79. The minimum atomic E-state index is 0.801. The summed E-state index contributed by atoms with van der Waals surface area (Å²) in [6, 6.07) is 13.6. The van der Waals surface area contributed by atoms with Crippen LogP contribution in [0.5, 0.6) is 0 Å². The third kappa shape index (κ3) is 5.25. The normalized spacial score (nSPS) is 9.47. The summed E-state index contributed by atoms with van der Waals surface area (Å²) in [7, 11) is 0. The minimum absolute atomic E-state index is 0.801. The van der Waals surface area contributed by atoms with E-state index in [0.717, 1.165) is 10.0 Å². The molecule has 2 heteroatoms. The van der Waals surface area contributed by atoms with Gasteiger partial charge in [-0.25, -0.2) is 0 Å². The van der Waals surface area contributed by atoms with E-state index in [1.165, 1.54) is 16.7 Å². The Hall–Kier alpha value is -0.980. The van der Waals surface area contributed by atoms with Crippen LogP contribution in [0, 0.1) is 20.8 Å². The molecule has 0 atom stereocenters. The first kappa shape index (κ1) is 14.1. The molecule has 0 saturated heterocycles. The number of halogens is 2. The average molecular weight is 267 g/mol. The van der Waals surface area contributed by atoms with Crippen molar-refractivity contribution >= 4 is 23.2 Å². The maximum absolute atomic E-state index is 5.72. The predicted octanol–water partition coefficient (Wildman–Crippen LogP) is 5.61. The van der Waals surface area contributed by atoms with Gasteiger partial charge in [0, 0.05) is 10.0 Å². The largest absolute Gasteiger partial charge is 0.0843 e. The lowest BCUT2D eigenvalue weighted by Crippen LogP contribution is -1.77. The molecule has 17 heavy (non-hydrogen) atoms. The first-order chi connectivity index (χ1) is 7.99. The summed E-state index contributed by atoms with van der Waals surface area (Å²) in [6.07, 6.45) is 0. The summed E-state index contributed by atoms with van der Waals surface area (Å²) in [4.78, 5) is 0. The van der Waals surface area contributed by atoms with Crippen LogP contribution in [0.1, 0.15) is 16.7 Å². The smallest absolute Gasteiger partial charge is 0.0408 e. The molecule has 0 unspecified atom stereocenters. The zero-order chi connectivity index (χ0) is 12.8. The topological polar surface area (TPSA) is 0 Å². The molecule has 0 fully saturated rings. The van der Waals surface area contributed by atoms with Crippen LogP contribution < -0.4 is 0 Å². The number of benzene rings is 2. The molecule has 0 aliphatic heterocycles. The molecule has 90 valence electrons. The van der Waals surface area contributed by atoms with Crippen molar-refractivity contribution in [3.63, 3.8) is 0 Å². The summed E-state index contributed by atoms with van der Waals surface area (Å²) in [5.74, 6) is 0. The van der Waals surface area contributed by atoms with Gasteiger partial charge in [-0.3, -0.25) is 0 Å². The highest BCUT2D eigenvalue weighted by Gasteiger charge is 1.90. The second-order valence-corrected chi connectivity index (χ2v) is 4.90. The second kappa shape index (κ2) is 6.68. The van der Waals surface area contributed by atoms with Crippen molar-refractivity contribution in [2.75, 3.05) is 0 Å². The van der Waals surface area contributed by atoms with Gasteiger partial charge >= 0.3 is 0 Å². The first-order valence-electron chi connectivity index (χ1n) is 5.44. The van der Waals surface area contributed by atoms with Crippen molar-refractivity contribution < 1.29 is 0 Å². The molecular weight excluding hydrogens is 251 g/mol. The van der Waals surface area contributed by atoms with Crippen LogP contribution in [0.25, 0.3) is 0 Å². The molecule has 0 heterocycles. The standard InChI is InChI=1S/C8H9Cl.C7H7Cl/c1-6-3-4-8(9)5-7(6)2;1-6-2-4-7(8)5-3-6/h3-5H,1-2H3;2-5H,1H3. The van der Waals surface area contributed by atoms with Crippen LogP contribution in [0.3, 0.4) is 0 Å². The van der Waals surface area contributed by atoms with Crippen LogP contribution in [-0.2, 0) is 0 Å². The van der Waals surface area contributed by atoms with E-state index in [4.69, 9.17) is 23.2 Å². The molecule has 0 nitrogen and oxygen atoms in total. The van der Waals surface area contributed by atoms with Gasteiger partial charge in [0.2, 0.25) is 0 Å². The molecule has 0 aliphatic carbocycles. The molecule has 0 bridgehead atoms. The maximum Gasteiger partial charge on any atom is 0.0408 e. The average Bonchev–Trinajstić information content (AvgIpc) is 2.29. The zero-order valence-electron chi connectivity index (χ0n) is 10.3. The Balaban J connectivity index is 0.000000171. The van der Waals surface area contributed by atoms with Gasteiger partial charge in [0.25, 0.3) is 0 Å². The van der Waals surface area contributed by atoms with Crippen molar-refractivity contribution in [3.8, 4) is 0 Å². The van der Waals surface area contributed by atoms with E-state index in [9.17, 15) is 0 Å². The molecule has 0 saturated carbocycles. The lowest BCUT2D eigenvalue weighted by Gasteiger charge is -1.97. The van der Waals surface area contributed by atoms with Gasteiger partial charge in [-0.2, -0.15) is 0 Å². The van der Waals surface area contributed by atoms with Crippen LogP contribution in [0.15, 0.2) is 42.5 Å². The summed E-state index contributed by atoms with van der Waals surface area (Å²) in [6.45, 7) is 6.17. The number of hydrogen-bond donors (Lipinski definition) is 0. The van der Waals surface area contributed by atoms with Crippen LogP contribution in [0.2, 0.25) is 10.0 Å². The lowest BCUT2D eigenvalue weighted by atomic mass is 10.1. The monoisotopic (exact) mass is 266 g/mol. The predicted molar refractivity (Wildman–Crippen MR) is 77.1 cm³/mol. The van der Waals surface area contributed by atoms with Gasteiger partial charge < -0.3 is 0 Å². The quantitative estimate of drug-likeness (QED) is 0.582. The van der Waals surface area contributed by atoms with Crippen molar-refractivity contribution in [2.24, 2.45) is 0 Å². The zero-order valence-corrected chi connectivity index (χ0v) is 11.8. The number of aryl methyl sites for hydroxylation is 3. The van der Waals surface area contributed by atoms with Crippen LogP contribution >= 0.6 is 23.2 Å². The number of rotatable bonds is 0. The van der Waals surface area contributed by atoms with Gasteiger partial charge in [-0.05, 0) is 56.2 Å². The Morgan fingerprint density at radius 2 is 1.18 bits per heavy atom. The molecule has 0 amide bonds. The molecular formula is C15H16Cl2.